The van der Waals surface area contributed by atoms with Crippen molar-refractivity contribution in [3.8, 4) is 5.75 Å². The minimum absolute atomic E-state index is 0.164. The van der Waals surface area contributed by atoms with Crippen LogP contribution in [0.1, 0.15) is 27.0 Å². The molecule has 2 rings (SSSR count). The number of rotatable bonds is 3. The van der Waals surface area contributed by atoms with Gasteiger partial charge in [-0.2, -0.15) is 0 Å². The molecule has 0 spiro atoms. The number of carbonyl (C=O) groups is 1. The van der Waals surface area contributed by atoms with Crippen LogP contribution in [0, 0.1) is 13.8 Å². The first-order valence-electron chi connectivity index (χ1n) is 6.29. The van der Waals surface area contributed by atoms with Crippen molar-refractivity contribution in [3.63, 3.8) is 0 Å². The average molecular weight is 369 g/mol. The van der Waals surface area contributed by atoms with E-state index in [2.05, 4.69) is 15.9 Å². The van der Waals surface area contributed by atoms with Gasteiger partial charge in [0.15, 0.2) is 5.78 Å². The molecule has 2 N–H and O–H groups in total. The fourth-order valence-corrected chi connectivity index (χ4v) is 3.06. The number of ketones is 1. The average Bonchev–Trinajstić information content (AvgIpc) is 2.40. The van der Waals surface area contributed by atoms with Crippen molar-refractivity contribution in [2.24, 2.45) is 0 Å². The Kier molecular flexibility index (Phi) is 4.59. The van der Waals surface area contributed by atoms with E-state index in [9.17, 15) is 4.79 Å². The van der Waals surface area contributed by atoms with Crippen LogP contribution >= 0.6 is 27.5 Å². The quantitative estimate of drug-likeness (QED) is 0.639. The molecule has 0 aliphatic rings. The predicted molar refractivity (Wildman–Crippen MR) is 89.5 cm³/mol. The zero-order chi connectivity index (χ0) is 15.7. The van der Waals surface area contributed by atoms with Crippen molar-refractivity contribution in [3.05, 3.63) is 56.0 Å². The molecule has 0 heterocycles. The highest BCUT2D eigenvalue weighted by atomic mass is 79.9. The molecule has 0 aliphatic heterocycles. The first-order valence-corrected chi connectivity index (χ1v) is 7.46. The SMILES string of the molecule is COc1c(C)cc(Br)c(C)c1C(=O)c1cc(N)cc(Cl)c1. The number of ether oxygens (including phenoxy) is 1. The maximum absolute atomic E-state index is 12.8. The maximum atomic E-state index is 12.8. The smallest absolute Gasteiger partial charge is 0.197 e. The van der Waals surface area contributed by atoms with Crippen LogP contribution in [0.25, 0.3) is 0 Å². The van der Waals surface area contributed by atoms with Gasteiger partial charge < -0.3 is 10.5 Å². The minimum atomic E-state index is -0.164. The van der Waals surface area contributed by atoms with Gasteiger partial charge in [-0.05, 0) is 49.2 Å². The number of aryl methyl sites for hydroxylation is 1. The van der Waals surface area contributed by atoms with E-state index in [1.165, 1.54) is 0 Å². The topological polar surface area (TPSA) is 52.3 Å². The van der Waals surface area contributed by atoms with Crippen LogP contribution < -0.4 is 10.5 Å². The molecule has 0 atom stereocenters. The molecule has 0 saturated heterocycles. The van der Waals surface area contributed by atoms with E-state index in [4.69, 9.17) is 22.1 Å². The molecule has 0 fully saturated rings. The Morgan fingerprint density at radius 2 is 1.90 bits per heavy atom. The molecule has 0 amide bonds. The van der Waals surface area contributed by atoms with Crippen LogP contribution in [0.4, 0.5) is 5.69 Å². The molecular weight excluding hydrogens is 354 g/mol. The van der Waals surface area contributed by atoms with Crippen LogP contribution in [-0.2, 0) is 0 Å². The standard InChI is InChI=1S/C16H15BrClNO2/c1-8-4-13(17)9(2)14(16(8)21-3)15(20)10-5-11(18)7-12(19)6-10/h4-7H,19H2,1-3H3. The molecular formula is C16H15BrClNO2. The van der Waals surface area contributed by atoms with E-state index in [1.807, 2.05) is 19.9 Å². The number of halogens is 2. The zero-order valence-corrected chi connectivity index (χ0v) is 14.3. The normalized spacial score (nSPS) is 10.5. The lowest BCUT2D eigenvalue weighted by Crippen LogP contribution is -2.09. The molecule has 2 aromatic carbocycles. The Hall–Kier alpha value is -1.52. The monoisotopic (exact) mass is 367 g/mol. The van der Waals surface area contributed by atoms with E-state index in [1.54, 1.807) is 25.3 Å². The first kappa shape index (κ1) is 15.9. The summed E-state index contributed by atoms with van der Waals surface area (Å²) in [6.07, 6.45) is 0. The largest absolute Gasteiger partial charge is 0.496 e. The van der Waals surface area contributed by atoms with Crippen molar-refractivity contribution < 1.29 is 9.53 Å². The molecule has 5 heteroatoms. The van der Waals surface area contributed by atoms with Crippen LogP contribution in [0.3, 0.4) is 0 Å². The van der Waals surface area contributed by atoms with Crippen LogP contribution in [0.2, 0.25) is 5.02 Å². The Morgan fingerprint density at radius 3 is 2.48 bits per heavy atom. The molecule has 2 aromatic rings. The van der Waals surface area contributed by atoms with Gasteiger partial charge in [-0.15, -0.1) is 0 Å². The van der Waals surface area contributed by atoms with Gasteiger partial charge in [0.2, 0.25) is 0 Å². The third kappa shape index (κ3) is 3.06. The second-order valence-corrected chi connectivity index (χ2v) is 6.10. The summed E-state index contributed by atoms with van der Waals surface area (Å²) in [5, 5.41) is 0.432. The van der Waals surface area contributed by atoms with Crippen molar-refractivity contribution in [1.29, 1.82) is 0 Å². The van der Waals surface area contributed by atoms with Gasteiger partial charge in [0.25, 0.3) is 0 Å². The van der Waals surface area contributed by atoms with Crippen LogP contribution in [-0.4, -0.2) is 12.9 Å². The number of benzene rings is 2. The lowest BCUT2D eigenvalue weighted by Gasteiger charge is -2.15. The maximum Gasteiger partial charge on any atom is 0.197 e. The second kappa shape index (κ2) is 6.08. The summed E-state index contributed by atoms with van der Waals surface area (Å²) in [6.45, 7) is 3.76. The zero-order valence-electron chi connectivity index (χ0n) is 12.0. The highest BCUT2D eigenvalue weighted by Gasteiger charge is 2.21. The van der Waals surface area contributed by atoms with Crippen LogP contribution in [0.15, 0.2) is 28.7 Å². The fraction of sp³-hybridized carbons (Fsp3) is 0.188. The summed E-state index contributed by atoms with van der Waals surface area (Å²) in [5.74, 6) is 0.405. The van der Waals surface area contributed by atoms with E-state index in [0.29, 0.717) is 27.6 Å². The number of nitrogens with two attached hydrogens (primary N) is 1. The van der Waals surface area contributed by atoms with Gasteiger partial charge >= 0.3 is 0 Å². The highest BCUT2D eigenvalue weighted by Crippen LogP contribution is 2.34. The molecule has 0 bridgehead atoms. The third-order valence-electron chi connectivity index (χ3n) is 3.28. The number of carbonyl (C=O) groups excluding carboxylic acids is 1. The second-order valence-electron chi connectivity index (χ2n) is 4.81. The lowest BCUT2D eigenvalue weighted by atomic mass is 9.95. The molecule has 3 nitrogen and oxygen atoms in total. The molecule has 0 unspecified atom stereocenters. The van der Waals surface area contributed by atoms with Crippen molar-refractivity contribution in [2.75, 3.05) is 12.8 Å². The lowest BCUT2D eigenvalue weighted by molar-refractivity contribution is 0.103. The fourth-order valence-electron chi connectivity index (χ4n) is 2.27. The van der Waals surface area contributed by atoms with Gasteiger partial charge in [0.1, 0.15) is 5.75 Å². The summed E-state index contributed by atoms with van der Waals surface area (Å²) >= 11 is 9.46. The summed E-state index contributed by atoms with van der Waals surface area (Å²) < 4.78 is 6.27. The van der Waals surface area contributed by atoms with Gasteiger partial charge in [-0.25, -0.2) is 0 Å². The van der Waals surface area contributed by atoms with Crippen molar-refractivity contribution >= 4 is 39.0 Å². The number of hydrogen-bond donors (Lipinski definition) is 1. The number of methoxy groups -OCH3 is 1. The van der Waals surface area contributed by atoms with Crippen molar-refractivity contribution in [2.45, 2.75) is 13.8 Å². The Morgan fingerprint density at radius 1 is 1.24 bits per heavy atom. The molecule has 0 aliphatic carbocycles. The van der Waals surface area contributed by atoms with E-state index < -0.39 is 0 Å². The number of nitrogen functional groups attached to an aromatic ring is 1. The molecule has 0 saturated carbocycles. The molecule has 21 heavy (non-hydrogen) atoms. The molecule has 0 aromatic heterocycles. The van der Waals surface area contributed by atoms with E-state index in [0.717, 1.165) is 15.6 Å². The summed E-state index contributed by atoms with van der Waals surface area (Å²) in [6, 6.07) is 6.75. The minimum Gasteiger partial charge on any atom is -0.496 e. The van der Waals surface area contributed by atoms with Gasteiger partial charge in [-0.3, -0.25) is 4.79 Å². The molecule has 0 radical (unpaired) electrons. The van der Waals surface area contributed by atoms with Crippen LogP contribution in [0.5, 0.6) is 5.75 Å². The molecule has 110 valence electrons. The van der Waals surface area contributed by atoms with Gasteiger partial charge in [0, 0.05) is 20.7 Å². The van der Waals surface area contributed by atoms with E-state index in [-0.39, 0.29) is 5.78 Å². The van der Waals surface area contributed by atoms with Gasteiger partial charge in [0.05, 0.1) is 12.7 Å². The first-order chi connectivity index (χ1) is 9.85. The highest BCUT2D eigenvalue weighted by molar-refractivity contribution is 9.10. The summed E-state index contributed by atoms with van der Waals surface area (Å²) in [5.41, 5.74) is 8.89. The Labute approximate surface area is 137 Å². The van der Waals surface area contributed by atoms with Crippen molar-refractivity contribution in [1.82, 2.24) is 0 Å². The summed E-state index contributed by atoms with van der Waals surface area (Å²) in [4.78, 5) is 12.8. The third-order valence-corrected chi connectivity index (χ3v) is 4.32. The van der Waals surface area contributed by atoms with Gasteiger partial charge in [-0.1, -0.05) is 27.5 Å². The Balaban J connectivity index is 2.68. The number of hydrogen-bond acceptors (Lipinski definition) is 3. The van der Waals surface area contributed by atoms with E-state index >= 15 is 0 Å². The Bertz CT molecular complexity index is 708. The summed E-state index contributed by atoms with van der Waals surface area (Å²) in [7, 11) is 1.55. The predicted octanol–water partition coefficient (Wildman–Crippen LogP) is 4.54. The number of anilines is 1.